The van der Waals surface area contributed by atoms with Gasteiger partial charge in [-0.05, 0) is 73.9 Å². The summed E-state index contributed by atoms with van der Waals surface area (Å²) in [4.78, 5) is 11.9. The first kappa shape index (κ1) is 22.7. The summed E-state index contributed by atoms with van der Waals surface area (Å²) in [6.07, 6.45) is 1.96. The molecule has 176 valence electrons. The van der Waals surface area contributed by atoms with E-state index in [9.17, 15) is 4.39 Å². The topological polar surface area (TPSA) is 50.3 Å². The maximum absolute atomic E-state index is 13.5. The molecule has 2 aromatic carbocycles. The molecule has 7 heteroatoms. The van der Waals surface area contributed by atoms with Crippen LogP contribution in [-0.2, 0) is 6.54 Å². The van der Waals surface area contributed by atoms with Crippen molar-refractivity contribution in [1.29, 1.82) is 0 Å². The number of rotatable bonds is 6. The number of aromatic nitrogens is 2. The van der Waals surface area contributed by atoms with Crippen LogP contribution >= 0.6 is 11.3 Å². The fourth-order valence-corrected chi connectivity index (χ4v) is 5.46. The number of halogens is 1. The summed E-state index contributed by atoms with van der Waals surface area (Å²) in [7, 11) is 0. The number of ether oxygens (including phenoxy) is 1. The molecule has 0 radical (unpaired) electrons. The molecule has 1 N–H and O–H groups in total. The Morgan fingerprint density at radius 1 is 1.06 bits per heavy atom. The van der Waals surface area contributed by atoms with E-state index in [4.69, 9.17) is 14.7 Å². The molecule has 0 aliphatic carbocycles. The van der Waals surface area contributed by atoms with Crippen molar-refractivity contribution < 1.29 is 9.13 Å². The highest BCUT2D eigenvalue weighted by atomic mass is 32.1. The largest absolute Gasteiger partial charge is 0.437 e. The van der Waals surface area contributed by atoms with Gasteiger partial charge in [0, 0.05) is 25.7 Å². The number of hydrogen-bond donors (Lipinski definition) is 1. The van der Waals surface area contributed by atoms with Gasteiger partial charge in [0.2, 0.25) is 11.8 Å². The molecule has 1 aliphatic rings. The van der Waals surface area contributed by atoms with Crippen LogP contribution in [0.3, 0.4) is 0 Å². The number of benzene rings is 2. The average Bonchev–Trinajstić information content (AvgIpc) is 3.26. The SMILES string of the molecule is Cc1cc(C)c(Oc2nc(NC3CCN(Cc4cccc(F)c4)CC3)nc3ccsc23)c(C)c1. The Bertz CT molecular complexity index is 1290. The summed E-state index contributed by atoms with van der Waals surface area (Å²) in [5.74, 6) is 1.88. The molecule has 3 heterocycles. The molecule has 0 spiro atoms. The number of likely N-dealkylation sites (tertiary alicyclic amines) is 1. The highest BCUT2D eigenvalue weighted by Crippen LogP contribution is 2.35. The molecule has 2 aromatic heterocycles. The molecule has 0 atom stereocenters. The second-order valence-corrected chi connectivity index (χ2v) is 10.1. The predicted octanol–water partition coefficient (Wildman–Crippen LogP) is 6.62. The standard InChI is InChI=1S/C27H29FN4OS/c1-17-13-18(2)24(19(3)14-17)33-26-25-23(9-12-34-25)30-27(31-26)29-22-7-10-32(11-8-22)16-20-5-4-6-21(28)15-20/h4-6,9,12-15,22H,7-8,10-11,16H2,1-3H3,(H,29,30,31). The molecule has 5 nitrogen and oxygen atoms in total. The van der Waals surface area contributed by atoms with Gasteiger partial charge in [-0.1, -0.05) is 29.8 Å². The van der Waals surface area contributed by atoms with Gasteiger partial charge in [-0.3, -0.25) is 4.90 Å². The number of aryl methyl sites for hydroxylation is 3. The van der Waals surface area contributed by atoms with Crippen LogP contribution in [0.5, 0.6) is 11.6 Å². The van der Waals surface area contributed by atoms with Gasteiger partial charge in [0.15, 0.2) is 0 Å². The van der Waals surface area contributed by atoms with Gasteiger partial charge >= 0.3 is 0 Å². The van der Waals surface area contributed by atoms with E-state index in [1.807, 2.05) is 17.5 Å². The predicted molar refractivity (Wildman–Crippen MR) is 136 cm³/mol. The summed E-state index contributed by atoms with van der Waals surface area (Å²) in [5, 5.41) is 5.56. The first-order valence-corrected chi connectivity index (χ1v) is 12.6. The number of nitrogens with zero attached hydrogens (tertiary/aromatic N) is 3. The summed E-state index contributed by atoms with van der Waals surface area (Å²) < 4.78 is 20.8. The second kappa shape index (κ2) is 9.68. The van der Waals surface area contributed by atoms with Gasteiger partial charge in [0.05, 0.1) is 5.52 Å². The van der Waals surface area contributed by atoms with Crippen molar-refractivity contribution in [3.8, 4) is 11.6 Å². The zero-order valence-corrected chi connectivity index (χ0v) is 20.6. The molecule has 1 aliphatic heterocycles. The number of fused-ring (bicyclic) bond motifs is 1. The fourth-order valence-electron chi connectivity index (χ4n) is 4.71. The maximum atomic E-state index is 13.5. The van der Waals surface area contributed by atoms with Crippen LogP contribution in [0.4, 0.5) is 10.3 Å². The van der Waals surface area contributed by atoms with Crippen molar-refractivity contribution in [1.82, 2.24) is 14.9 Å². The third kappa shape index (κ3) is 5.05. The summed E-state index contributed by atoms with van der Waals surface area (Å²) in [6.45, 7) is 8.89. The van der Waals surface area contributed by atoms with E-state index < -0.39 is 0 Å². The second-order valence-electron chi connectivity index (χ2n) is 9.14. The first-order chi connectivity index (χ1) is 16.4. The average molecular weight is 477 g/mol. The Labute approximate surface area is 203 Å². The van der Waals surface area contributed by atoms with E-state index in [1.54, 1.807) is 23.5 Å². The normalized spacial score (nSPS) is 15.1. The van der Waals surface area contributed by atoms with E-state index in [0.717, 1.165) is 65.1 Å². The van der Waals surface area contributed by atoms with E-state index in [1.165, 1.54) is 11.6 Å². The molecule has 0 unspecified atom stereocenters. The van der Waals surface area contributed by atoms with Crippen LogP contribution < -0.4 is 10.1 Å². The monoisotopic (exact) mass is 476 g/mol. The van der Waals surface area contributed by atoms with E-state index >= 15 is 0 Å². The minimum absolute atomic E-state index is 0.177. The number of hydrogen-bond acceptors (Lipinski definition) is 6. The lowest BCUT2D eigenvalue weighted by molar-refractivity contribution is 0.211. The fraction of sp³-hybridized carbons (Fsp3) is 0.333. The molecular formula is C27H29FN4OS. The zero-order chi connectivity index (χ0) is 23.7. The van der Waals surface area contributed by atoms with Crippen molar-refractivity contribution in [3.05, 3.63) is 75.9 Å². The van der Waals surface area contributed by atoms with Crippen LogP contribution in [0.1, 0.15) is 35.1 Å². The number of thiophene rings is 1. The Morgan fingerprint density at radius 2 is 1.82 bits per heavy atom. The Hall–Kier alpha value is -3.03. The van der Waals surface area contributed by atoms with Gasteiger partial charge in [-0.2, -0.15) is 4.98 Å². The molecule has 5 rings (SSSR count). The van der Waals surface area contributed by atoms with Crippen molar-refractivity contribution >= 4 is 27.5 Å². The molecule has 4 aromatic rings. The van der Waals surface area contributed by atoms with Crippen LogP contribution in [0.25, 0.3) is 10.2 Å². The molecule has 0 bridgehead atoms. The summed E-state index contributed by atoms with van der Waals surface area (Å²) in [6, 6.07) is 13.4. The molecule has 0 saturated carbocycles. The highest BCUT2D eigenvalue weighted by molar-refractivity contribution is 7.17. The minimum atomic E-state index is -0.177. The zero-order valence-electron chi connectivity index (χ0n) is 19.8. The quantitative estimate of drug-likeness (QED) is 0.339. The Balaban J connectivity index is 1.29. The van der Waals surface area contributed by atoms with Crippen LogP contribution in [0.2, 0.25) is 0 Å². The van der Waals surface area contributed by atoms with Crippen molar-refractivity contribution in [2.24, 2.45) is 0 Å². The summed E-state index contributed by atoms with van der Waals surface area (Å²) in [5.41, 5.74) is 5.32. The molecule has 34 heavy (non-hydrogen) atoms. The maximum Gasteiger partial charge on any atom is 0.242 e. The third-order valence-corrected chi connectivity index (χ3v) is 7.18. The van der Waals surface area contributed by atoms with Crippen molar-refractivity contribution in [2.75, 3.05) is 18.4 Å². The van der Waals surface area contributed by atoms with Gasteiger partial charge in [-0.15, -0.1) is 11.3 Å². The smallest absolute Gasteiger partial charge is 0.242 e. The Kier molecular flexibility index (Phi) is 6.48. The molecule has 1 fully saturated rings. The summed E-state index contributed by atoms with van der Waals surface area (Å²) >= 11 is 1.59. The van der Waals surface area contributed by atoms with Gasteiger partial charge < -0.3 is 10.1 Å². The lowest BCUT2D eigenvalue weighted by atomic mass is 10.0. The third-order valence-electron chi connectivity index (χ3n) is 6.29. The van der Waals surface area contributed by atoms with Crippen LogP contribution in [0.15, 0.2) is 47.8 Å². The van der Waals surface area contributed by atoms with Gasteiger partial charge in [-0.25, -0.2) is 9.37 Å². The molecular weight excluding hydrogens is 447 g/mol. The lowest BCUT2D eigenvalue weighted by Gasteiger charge is -2.32. The first-order valence-electron chi connectivity index (χ1n) is 11.7. The number of piperidine rings is 1. The Morgan fingerprint density at radius 3 is 2.56 bits per heavy atom. The minimum Gasteiger partial charge on any atom is -0.437 e. The highest BCUT2D eigenvalue weighted by Gasteiger charge is 2.21. The molecule has 0 amide bonds. The number of anilines is 1. The lowest BCUT2D eigenvalue weighted by Crippen LogP contribution is -2.39. The van der Waals surface area contributed by atoms with E-state index in [-0.39, 0.29) is 11.9 Å². The van der Waals surface area contributed by atoms with E-state index in [0.29, 0.717) is 11.8 Å². The van der Waals surface area contributed by atoms with Gasteiger partial charge in [0.1, 0.15) is 16.3 Å². The van der Waals surface area contributed by atoms with Crippen molar-refractivity contribution in [2.45, 2.75) is 46.2 Å². The van der Waals surface area contributed by atoms with Gasteiger partial charge in [0.25, 0.3) is 0 Å². The van der Waals surface area contributed by atoms with E-state index in [2.05, 4.69) is 43.1 Å². The molecule has 1 saturated heterocycles. The number of nitrogens with one attached hydrogen (secondary N) is 1. The van der Waals surface area contributed by atoms with Crippen LogP contribution in [0, 0.1) is 26.6 Å². The van der Waals surface area contributed by atoms with Crippen molar-refractivity contribution in [3.63, 3.8) is 0 Å². The van der Waals surface area contributed by atoms with Crippen LogP contribution in [-0.4, -0.2) is 34.0 Å².